The van der Waals surface area contributed by atoms with E-state index in [0.29, 0.717) is 5.56 Å². The third-order valence-electron chi connectivity index (χ3n) is 3.35. The molecule has 0 heterocycles. The van der Waals surface area contributed by atoms with Gasteiger partial charge in [0.1, 0.15) is 5.75 Å². The Morgan fingerprint density at radius 2 is 1.85 bits per heavy atom. The summed E-state index contributed by atoms with van der Waals surface area (Å²) in [6.45, 7) is 4.05. The highest BCUT2D eigenvalue weighted by Crippen LogP contribution is 2.23. The Bertz CT molecular complexity index is 626. The molecule has 0 fully saturated rings. The summed E-state index contributed by atoms with van der Waals surface area (Å²) < 4.78 is 5.16. The van der Waals surface area contributed by atoms with Crippen LogP contribution in [0, 0.1) is 18.3 Å². The van der Waals surface area contributed by atoms with Crippen molar-refractivity contribution in [3.05, 3.63) is 59.2 Å². The molecule has 1 N–H and O–H groups in total. The van der Waals surface area contributed by atoms with Crippen LogP contribution in [0.2, 0.25) is 0 Å². The molecule has 0 aliphatic carbocycles. The van der Waals surface area contributed by atoms with E-state index in [-0.39, 0.29) is 6.04 Å². The molecule has 2 aromatic rings. The van der Waals surface area contributed by atoms with Gasteiger partial charge >= 0.3 is 0 Å². The molecule has 3 heteroatoms. The van der Waals surface area contributed by atoms with E-state index in [1.807, 2.05) is 49.4 Å². The Kier molecular flexibility index (Phi) is 4.27. The highest BCUT2D eigenvalue weighted by molar-refractivity contribution is 5.52. The van der Waals surface area contributed by atoms with Crippen molar-refractivity contribution in [2.24, 2.45) is 0 Å². The van der Waals surface area contributed by atoms with Crippen LogP contribution in [0.25, 0.3) is 0 Å². The smallest absolute Gasteiger partial charge is 0.118 e. The van der Waals surface area contributed by atoms with Gasteiger partial charge in [0.25, 0.3) is 0 Å². The van der Waals surface area contributed by atoms with Crippen LogP contribution in [0.4, 0.5) is 5.69 Å². The van der Waals surface area contributed by atoms with Gasteiger partial charge in [-0.2, -0.15) is 5.26 Å². The van der Waals surface area contributed by atoms with Gasteiger partial charge in [0.15, 0.2) is 0 Å². The number of nitrogens with zero attached hydrogens (tertiary/aromatic N) is 1. The zero-order valence-corrected chi connectivity index (χ0v) is 12.0. The van der Waals surface area contributed by atoms with Crippen LogP contribution in [-0.2, 0) is 0 Å². The van der Waals surface area contributed by atoms with Crippen molar-refractivity contribution in [3.8, 4) is 11.8 Å². The quantitative estimate of drug-likeness (QED) is 0.908. The molecule has 0 aliphatic rings. The number of hydrogen-bond acceptors (Lipinski definition) is 3. The van der Waals surface area contributed by atoms with Gasteiger partial charge < -0.3 is 10.1 Å². The maximum atomic E-state index is 8.94. The van der Waals surface area contributed by atoms with Crippen molar-refractivity contribution in [1.82, 2.24) is 0 Å². The average Bonchev–Trinajstić information content (AvgIpc) is 2.47. The summed E-state index contributed by atoms with van der Waals surface area (Å²) in [5.74, 6) is 0.857. The second-order valence-electron chi connectivity index (χ2n) is 4.78. The number of hydrogen-bond donors (Lipinski definition) is 1. The van der Waals surface area contributed by atoms with Crippen molar-refractivity contribution in [3.63, 3.8) is 0 Å². The Balaban J connectivity index is 2.12. The molecule has 2 aromatic carbocycles. The maximum Gasteiger partial charge on any atom is 0.118 e. The highest BCUT2D eigenvalue weighted by Gasteiger charge is 2.06. The second-order valence-corrected chi connectivity index (χ2v) is 4.78. The summed E-state index contributed by atoms with van der Waals surface area (Å²) in [5.41, 5.74) is 3.91. The fourth-order valence-corrected chi connectivity index (χ4v) is 2.10. The van der Waals surface area contributed by atoms with E-state index in [9.17, 15) is 0 Å². The van der Waals surface area contributed by atoms with Crippen molar-refractivity contribution in [2.75, 3.05) is 12.4 Å². The van der Waals surface area contributed by atoms with Gasteiger partial charge in [0, 0.05) is 11.7 Å². The van der Waals surface area contributed by atoms with Gasteiger partial charge in [-0.3, -0.25) is 0 Å². The molecular formula is C17H18N2O. The van der Waals surface area contributed by atoms with Gasteiger partial charge in [-0.15, -0.1) is 0 Å². The van der Waals surface area contributed by atoms with Crippen LogP contribution in [0.1, 0.15) is 29.7 Å². The molecule has 0 bridgehead atoms. The Labute approximate surface area is 119 Å². The van der Waals surface area contributed by atoms with Gasteiger partial charge in [-0.1, -0.05) is 12.1 Å². The van der Waals surface area contributed by atoms with Gasteiger partial charge in [-0.25, -0.2) is 0 Å². The SMILES string of the molecule is COc1ccc(C(C)Nc2ccc(C#N)c(C)c2)cc1. The molecule has 0 spiro atoms. The van der Waals surface area contributed by atoms with Crippen LogP contribution in [0.15, 0.2) is 42.5 Å². The zero-order valence-electron chi connectivity index (χ0n) is 12.0. The Morgan fingerprint density at radius 3 is 2.40 bits per heavy atom. The van der Waals surface area contributed by atoms with Crippen molar-refractivity contribution >= 4 is 5.69 Å². The molecule has 0 radical (unpaired) electrons. The van der Waals surface area contributed by atoms with Crippen LogP contribution >= 0.6 is 0 Å². The summed E-state index contributed by atoms with van der Waals surface area (Å²) >= 11 is 0. The molecule has 2 rings (SSSR count). The number of aryl methyl sites for hydroxylation is 1. The molecule has 3 nitrogen and oxygen atoms in total. The first-order valence-corrected chi connectivity index (χ1v) is 6.55. The van der Waals surface area contributed by atoms with Crippen LogP contribution in [0.5, 0.6) is 5.75 Å². The van der Waals surface area contributed by atoms with Crippen molar-refractivity contribution in [2.45, 2.75) is 19.9 Å². The molecule has 20 heavy (non-hydrogen) atoms. The maximum absolute atomic E-state index is 8.94. The minimum Gasteiger partial charge on any atom is -0.497 e. The van der Waals surface area contributed by atoms with Crippen LogP contribution < -0.4 is 10.1 Å². The van der Waals surface area contributed by atoms with Crippen molar-refractivity contribution in [1.29, 1.82) is 5.26 Å². The third kappa shape index (κ3) is 3.10. The lowest BCUT2D eigenvalue weighted by Gasteiger charge is -2.16. The molecule has 0 amide bonds. The first kappa shape index (κ1) is 14.0. The summed E-state index contributed by atoms with van der Waals surface area (Å²) in [5, 5.41) is 12.4. The molecule has 0 aliphatic heterocycles. The van der Waals surface area contributed by atoms with Gasteiger partial charge in [0.2, 0.25) is 0 Å². The van der Waals surface area contributed by atoms with E-state index in [1.165, 1.54) is 5.56 Å². The highest BCUT2D eigenvalue weighted by atomic mass is 16.5. The minimum absolute atomic E-state index is 0.188. The lowest BCUT2D eigenvalue weighted by atomic mass is 10.1. The first-order chi connectivity index (χ1) is 9.63. The van der Waals surface area contributed by atoms with Crippen molar-refractivity contribution < 1.29 is 4.74 Å². The normalized spacial score (nSPS) is 11.5. The van der Waals surface area contributed by atoms with Gasteiger partial charge in [-0.05, 0) is 55.3 Å². The topological polar surface area (TPSA) is 45.0 Å². The van der Waals surface area contributed by atoms with Crippen LogP contribution in [0.3, 0.4) is 0 Å². The summed E-state index contributed by atoms with van der Waals surface area (Å²) in [6.07, 6.45) is 0. The number of nitriles is 1. The summed E-state index contributed by atoms with van der Waals surface area (Å²) in [7, 11) is 1.66. The van der Waals surface area contributed by atoms with E-state index in [4.69, 9.17) is 10.00 Å². The number of rotatable bonds is 4. The number of nitrogens with one attached hydrogen (secondary N) is 1. The van der Waals surface area contributed by atoms with E-state index >= 15 is 0 Å². The lowest BCUT2D eigenvalue weighted by molar-refractivity contribution is 0.414. The number of ether oxygens (including phenoxy) is 1. The first-order valence-electron chi connectivity index (χ1n) is 6.55. The van der Waals surface area contributed by atoms with E-state index in [2.05, 4.69) is 18.3 Å². The number of benzene rings is 2. The number of methoxy groups -OCH3 is 1. The predicted octanol–water partition coefficient (Wildman–Crippen LogP) is 4.05. The molecule has 0 saturated carbocycles. The molecular weight excluding hydrogens is 248 g/mol. The summed E-state index contributed by atoms with van der Waals surface area (Å²) in [6, 6.07) is 16.2. The minimum atomic E-state index is 0.188. The van der Waals surface area contributed by atoms with Crippen LogP contribution in [-0.4, -0.2) is 7.11 Å². The summed E-state index contributed by atoms with van der Waals surface area (Å²) in [4.78, 5) is 0. The van der Waals surface area contributed by atoms with Gasteiger partial charge in [0.05, 0.1) is 18.7 Å². The van der Waals surface area contributed by atoms with E-state index in [0.717, 1.165) is 17.0 Å². The average molecular weight is 266 g/mol. The van der Waals surface area contributed by atoms with E-state index < -0.39 is 0 Å². The molecule has 1 unspecified atom stereocenters. The largest absolute Gasteiger partial charge is 0.497 e. The monoisotopic (exact) mass is 266 g/mol. The molecule has 1 atom stereocenters. The standard InChI is InChI=1S/C17H18N2O/c1-12-10-16(7-4-15(12)11-18)19-13(2)14-5-8-17(20-3)9-6-14/h4-10,13,19H,1-3H3. The lowest BCUT2D eigenvalue weighted by Crippen LogP contribution is -2.06. The van der Waals surface area contributed by atoms with E-state index in [1.54, 1.807) is 7.11 Å². The molecule has 102 valence electrons. The predicted molar refractivity (Wildman–Crippen MR) is 80.9 cm³/mol. The molecule has 0 saturated heterocycles. The second kappa shape index (κ2) is 6.12. The Morgan fingerprint density at radius 1 is 1.15 bits per heavy atom. The third-order valence-corrected chi connectivity index (χ3v) is 3.35. The zero-order chi connectivity index (χ0) is 14.5. The molecule has 0 aromatic heterocycles. The Hall–Kier alpha value is -2.47. The number of anilines is 1. The fourth-order valence-electron chi connectivity index (χ4n) is 2.10. The fraction of sp³-hybridized carbons (Fsp3) is 0.235.